The van der Waals surface area contributed by atoms with E-state index in [-0.39, 0.29) is 6.42 Å². The van der Waals surface area contributed by atoms with Crippen LogP contribution in [0.15, 0.2) is 48.5 Å². The molecule has 0 aromatic heterocycles. The second-order valence-corrected chi connectivity index (χ2v) is 8.27. The third kappa shape index (κ3) is 3.29. The lowest BCUT2D eigenvalue weighted by molar-refractivity contribution is -0.148. The van der Waals surface area contributed by atoms with Gasteiger partial charge >= 0.3 is 24.3 Å². The summed E-state index contributed by atoms with van der Waals surface area (Å²) >= 11 is 0. The Hall–Kier alpha value is -3.04. The minimum absolute atomic E-state index is 0.163. The molecule has 0 saturated heterocycles. The van der Waals surface area contributed by atoms with Crippen molar-refractivity contribution >= 4 is 11.9 Å². The van der Waals surface area contributed by atoms with E-state index in [4.69, 9.17) is 9.47 Å². The van der Waals surface area contributed by atoms with Crippen molar-refractivity contribution in [3.63, 3.8) is 0 Å². The summed E-state index contributed by atoms with van der Waals surface area (Å²) in [4.78, 5) is 24.9. The lowest BCUT2D eigenvalue weighted by Gasteiger charge is -2.21. The van der Waals surface area contributed by atoms with E-state index in [0.29, 0.717) is 11.1 Å². The highest BCUT2D eigenvalue weighted by Gasteiger charge is 2.91. The Labute approximate surface area is 184 Å². The van der Waals surface area contributed by atoms with E-state index in [2.05, 4.69) is 0 Å². The Bertz CT molecular complexity index is 1010. The van der Waals surface area contributed by atoms with Crippen molar-refractivity contribution in [1.82, 2.24) is 0 Å². The van der Waals surface area contributed by atoms with Crippen LogP contribution in [0.5, 0.6) is 0 Å². The molecule has 2 aromatic rings. The van der Waals surface area contributed by atoms with Crippen LogP contribution in [0.25, 0.3) is 0 Å². The maximum Gasteiger partial charge on any atom is 0.416 e. The van der Waals surface area contributed by atoms with Gasteiger partial charge in [-0.1, -0.05) is 24.3 Å². The molecule has 2 aliphatic carbocycles. The zero-order valence-electron chi connectivity index (χ0n) is 17.4. The number of benzene rings is 2. The van der Waals surface area contributed by atoms with Crippen LogP contribution in [-0.4, -0.2) is 26.2 Å². The molecule has 2 atom stereocenters. The number of carbonyl (C=O) groups excluding carboxylic acids is 2. The number of alkyl halides is 6. The van der Waals surface area contributed by atoms with Crippen molar-refractivity contribution in [3.05, 3.63) is 70.8 Å². The van der Waals surface area contributed by atoms with Gasteiger partial charge in [0, 0.05) is 10.8 Å². The van der Waals surface area contributed by atoms with Gasteiger partial charge in [-0.25, -0.2) is 0 Å². The van der Waals surface area contributed by atoms with Crippen molar-refractivity contribution in [2.24, 2.45) is 17.3 Å². The summed E-state index contributed by atoms with van der Waals surface area (Å²) in [6.45, 7) is 0. The van der Waals surface area contributed by atoms with E-state index in [1.54, 1.807) is 0 Å². The van der Waals surface area contributed by atoms with E-state index >= 15 is 0 Å². The molecule has 1 spiro atoms. The van der Waals surface area contributed by atoms with Gasteiger partial charge in [0.2, 0.25) is 0 Å². The van der Waals surface area contributed by atoms with Gasteiger partial charge < -0.3 is 9.47 Å². The van der Waals surface area contributed by atoms with E-state index in [1.807, 2.05) is 0 Å². The summed E-state index contributed by atoms with van der Waals surface area (Å²) in [5.74, 6) is -3.24. The van der Waals surface area contributed by atoms with E-state index in [1.165, 1.54) is 24.3 Å². The summed E-state index contributed by atoms with van der Waals surface area (Å²) in [5.41, 5.74) is -3.29. The lowest BCUT2D eigenvalue weighted by Crippen LogP contribution is -2.18. The van der Waals surface area contributed by atoms with Gasteiger partial charge in [-0.3, -0.25) is 9.59 Å². The molecule has 2 aromatic carbocycles. The highest BCUT2D eigenvalue weighted by atomic mass is 19.4. The molecule has 2 aliphatic rings. The van der Waals surface area contributed by atoms with Crippen molar-refractivity contribution in [2.45, 2.75) is 24.2 Å². The van der Waals surface area contributed by atoms with Crippen molar-refractivity contribution < 1.29 is 45.4 Å². The smallest absolute Gasteiger partial charge is 0.416 e. The van der Waals surface area contributed by atoms with Gasteiger partial charge in [0.05, 0.1) is 37.2 Å². The predicted octanol–water partition coefficient (Wildman–Crippen LogP) is 4.99. The van der Waals surface area contributed by atoms with Gasteiger partial charge in [-0.05, 0) is 41.8 Å². The zero-order chi connectivity index (χ0) is 24.4. The monoisotopic (exact) mass is 472 g/mol. The summed E-state index contributed by atoms with van der Waals surface area (Å²) < 4.78 is 88.1. The summed E-state index contributed by atoms with van der Waals surface area (Å²) in [5, 5.41) is 0. The summed E-state index contributed by atoms with van der Waals surface area (Å²) in [6.07, 6.45) is -9.00. The fourth-order valence-corrected chi connectivity index (χ4v) is 5.33. The minimum Gasteiger partial charge on any atom is -0.469 e. The highest BCUT2D eigenvalue weighted by Crippen LogP contribution is 2.87. The first-order chi connectivity index (χ1) is 15.3. The molecule has 10 heteroatoms. The van der Waals surface area contributed by atoms with Crippen LogP contribution < -0.4 is 0 Å². The standard InChI is InChI=1S/C23H18F6O4/c1-32-18(30)16-17(19(31)33-2)21(16)11-20(21,12-3-7-14(8-4-12)22(24,25)26)13-5-9-15(10-6-13)23(27,28)29/h3-10,16-17H,11H2,1-2H3. The van der Waals surface area contributed by atoms with Gasteiger partial charge in [0.25, 0.3) is 0 Å². The average molecular weight is 472 g/mol. The first kappa shape index (κ1) is 23.1. The summed E-state index contributed by atoms with van der Waals surface area (Å²) in [6, 6.07) is 8.41. The fraction of sp³-hybridized carbons (Fsp3) is 0.391. The zero-order valence-corrected chi connectivity index (χ0v) is 17.4. The van der Waals surface area contributed by atoms with Crippen LogP contribution in [0.4, 0.5) is 26.3 Å². The molecule has 0 radical (unpaired) electrons. The average Bonchev–Trinajstić information content (AvgIpc) is 3.65. The first-order valence-corrected chi connectivity index (χ1v) is 9.85. The third-order valence-corrected chi connectivity index (χ3v) is 6.88. The van der Waals surface area contributed by atoms with Gasteiger partial charge in [0.1, 0.15) is 0 Å². The maximum atomic E-state index is 13.1. The Morgan fingerprint density at radius 1 is 0.727 bits per heavy atom. The van der Waals surface area contributed by atoms with Crippen LogP contribution >= 0.6 is 0 Å². The number of ether oxygens (including phenoxy) is 2. The van der Waals surface area contributed by atoms with E-state index < -0.39 is 58.1 Å². The van der Waals surface area contributed by atoms with E-state index in [9.17, 15) is 35.9 Å². The fourth-order valence-electron chi connectivity index (χ4n) is 5.33. The third-order valence-electron chi connectivity index (χ3n) is 6.88. The first-order valence-electron chi connectivity index (χ1n) is 9.85. The maximum absolute atomic E-state index is 13.1. The molecule has 0 aliphatic heterocycles. The van der Waals surface area contributed by atoms with Crippen LogP contribution in [0, 0.1) is 17.3 Å². The Kier molecular flexibility index (Phi) is 5.07. The van der Waals surface area contributed by atoms with Crippen LogP contribution in [0.3, 0.4) is 0 Å². The van der Waals surface area contributed by atoms with Crippen LogP contribution in [0.2, 0.25) is 0 Å². The van der Waals surface area contributed by atoms with Crippen molar-refractivity contribution in [2.75, 3.05) is 14.2 Å². The molecule has 4 nitrogen and oxygen atoms in total. The molecule has 2 fully saturated rings. The Morgan fingerprint density at radius 2 is 1.06 bits per heavy atom. The number of esters is 2. The molecular formula is C23H18F6O4. The van der Waals surface area contributed by atoms with Crippen LogP contribution in [0.1, 0.15) is 28.7 Å². The van der Waals surface area contributed by atoms with Gasteiger partial charge in [0.15, 0.2) is 0 Å². The molecule has 0 bridgehead atoms. The van der Waals surface area contributed by atoms with E-state index in [0.717, 1.165) is 38.5 Å². The number of rotatable bonds is 4. The molecule has 0 amide bonds. The van der Waals surface area contributed by atoms with Crippen LogP contribution in [-0.2, 0) is 36.8 Å². The molecule has 2 unspecified atom stereocenters. The highest BCUT2D eigenvalue weighted by molar-refractivity contribution is 5.93. The second-order valence-electron chi connectivity index (χ2n) is 8.27. The van der Waals surface area contributed by atoms with Gasteiger partial charge in [-0.2, -0.15) is 26.3 Å². The summed E-state index contributed by atoms with van der Waals surface area (Å²) in [7, 11) is 2.28. The largest absolute Gasteiger partial charge is 0.469 e. The predicted molar refractivity (Wildman–Crippen MR) is 102 cm³/mol. The van der Waals surface area contributed by atoms with Gasteiger partial charge in [-0.15, -0.1) is 0 Å². The lowest BCUT2D eigenvalue weighted by atomic mass is 9.83. The Balaban J connectivity index is 1.85. The SMILES string of the molecule is COC(=O)C1C(C(=O)OC)C12CC2(c1ccc(C(F)(F)F)cc1)c1ccc(C(F)(F)F)cc1. The molecule has 176 valence electrons. The second kappa shape index (κ2) is 7.23. The topological polar surface area (TPSA) is 52.6 Å². The number of halogens is 6. The van der Waals surface area contributed by atoms with Crippen molar-refractivity contribution in [3.8, 4) is 0 Å². The number of hydrogen-bond donors (Lipinski definition) is 0. The molecule has 0 N–H and O–H groups in total. The molecular weight excluding hydrogens is 454 g/mol. The normalized spacial score (nSPS) is 25.5. The molecule has 2 saturated carbocycles. The number of methoxy groups -OCH3 is 2. The van der Waals surface area contributed by atoms with Crippen molar-refractivity contribution in [1.29, 1.82) is 0 Å². The molecule has 0 heterocycles. The number of hydrogen-bond acceptors (Lipinski definition) is 4. The quantitative estimate of drug-likeness (QED) is 0.465. The Morgan fingerprint density at radius 3 is 1.33 bits per heavy atom. The molecule has 33 heavy (non-hydrogen) atoms. The number of carbonyl (C=O) groups is 2. The molecule has 4 rings (SSSR count). The minimum atomic E-state index is -4.58.